The molecule has 5 nitrogen and oxygen atoms in total. The molecule has 4 rings (SSSR count). The van der Waals surface area contributed by atoms with Crippen LogP contribution in [0.25, 0.3) is 0 Å². The van der Waals surface area contributed by atoms with E-state index in [0.29, 0.717) is 16.5 Å². The maximum Gasteiger partial charge on any atom is 0.248 e. The van der Waals surface area contributed by atoms with Gasteiger partial charge in [-0.15, -0.1) is 0 Å². The van der Waals surface area contributed by atoms with Crippen LogP contribution in [0, 0.1) is 11.8 Å². The topological polar surface area (TPSA) is 75.4 Å². The van der Waals surface area contributed by atoms with Crippen molar-refractivity contribution in [3.63, 3.8) is 0 Å². The number of primary amides is 1. The maximum atomic E-state index is 12.6. The number of anilines is 2. The van der Waals surface area contributed by atoms with Gasteiger partial charge in [-0.1, -0.05) is 24.6 Å². The molecule has 146 valence electrons. The Balaban J connectivity index is 1.83. The first-order valence-corrected chi connectivity index (χ1v) is 10.00. The van der Waals surface area contributed by atoms with Gasteiger partial charge in [-0.2, -0.15) is 0 Å². The van der Waals surface area contributed by atoms with Crippen LogP contribution in [0.4, 0.5) is 11.4 Å². The molecule has 3 atom stereocenters. The van der Waals surface area contributed by atoms with Gasteiger partial charge in [-0.05, 0) is 60.7 Å². The molecule has 2 aromatic rings. The third kappa shape index (κ3) is 3.35. The number of carbonyl (C=O) groups is 2. The van der Waals surface area contributed by atoms with Gasteiger partial charge < -0.3 is 16.0 Å². The third-order valence-corrected chi connectivity index (χ3v) is 6.10. The molecule has 1 aliphatic heterocycles. The zero-order chi connectivity index (χ0) is 20.0. The van der Waals surface area contributed by atoms with Crippen molar-refractivity contribution in [2.24, 2.45) is 17.6 Å². The third-order valence-electron chi connectivity index (χ3n) is 5.86. The Morgan fingerprint density at radius 3 is 2.54 bits per heavy atom. The average molecular weight is 398 g/mol. The van der Waals surface area contributed by atoms with E-state index < -0.39 is 5.91 Å². The fourth-order valence-electron chi connectivity index (χ4n) is 4.48. The molecule has 0 radical (unpaired) electrons. The summed E-state index contributed by atoms with van der Waals surface area (Å²) in [6.07, 6.45) is 2.27. The van der Waals surface area contributed by atoms with Gasteiger partial charge in [0.1, 0.15) is 0 Å². The second kappa shape index (κ2) is 7.13. The van der Waals surface area contributed by atoms with Gasteiger partial charge in [0.25, 0.3) is 0 Å². The first-order valence-electron chi connectivity index (χ1n) is 9.62. The number of nitrogens with zero attached hydrogens (tertiary/aromatic N) is 1. The van der Waals surface area contributed by atoms with Crippen LogP contribution < -0.4 is 16.0 Å². The van der Waals surface area contributed by atoms with E-state index in [1.807, 2.05) is 41.3 Å². The van der Waals surface area contributed by atoms with Gasteiger partial charge in [0.15, 0.2) is 0 Å². The highest BCUT2D eigenvalue weighted by molar-refractivity contribution is 6.30. The number of fused-ring (bicyclic) bond motifs is 1. The molecule has 0 spiro atoms. The van der Waals surface area contributed by atoms with Crippen molar-refractivity contribution in [1.29, 1.82) is 0 Å². The summed E-state index contributed by atoms with van der Waals surface area (Å²) in [7, 11) is 0. The van der Waals surface area contributed by atoms with Crippen LogP contribution in [0.2, 0.25) is 5.02 Å². The predicted molar refractivity (Wildman–Crippen MR) is 112 cm³/mol. The maximum absolute atomic E-state index is 12.6. The Labute approximate surface area is 169 Å². The first kappa shape index (κ1) is 18.8. The number of amides is 2. The van der Waals surface area contributed by atoms with E-state index in [4.69, 9.17) is 17.3 Å². The molecule has 2 amide bonds. The summed E-state index contributed by atoms with van der Waals surface area (Å²) in [4.78, 5) is 26.3. The Bertz CT molecular complexity index is 941. The number of nitrogens with one attached hydrogen (secondary N) is 1. The fourth-order valence-corrected chi connectivity index (χ4v) is 4.67. The van der Waals surface area contributed by atoms with E-state index in [9.17, 15) is 9.59 Å². The molecular weight excluding hydrogens is 374 g/mol. The molecule has 0 bridgehead atoms. The minimum atomic E-state index is -0.476. The summed E-state index contributed by atoms with van der Waals surface area (Å²) in [5, 5.41) is 4.25. The van der Waals surface area contributed by atoms with Crippen LogP contribution in [-0.4, -0.2) is 17.9 Å². The highest BCUT2D eigenvalue weighted by atomic mass is 35.5. The highest BCUT2D eigenvalue weighted by Gasteiger charge is 2.47. The summed E-state index contributed by atoms with van der Waals surface area (Å²) in [6, 6.07) is 13.0. The number of hydrogen-bond acceptors (Lipinski definition) is 3. The summed E-state index contributed by atoms with van der Waals surface area (Å²) in [6.45, 7) is 3.78. The quantitative estimate of drug-likeness (QED) is 0.804. The summed E-state index contributed by atoms with van der Waals surface area (Å²) >= 11 is 6.17. The number of nitrogens with two attached hydrogens (primary N) is 1. The zero-order valence-corrected chi connectivity index (χ0v) is 16.7. The van der Waals surface area contributed by atoms with Crippen molar-refractivity contribution in [3.05, 3.63) is 58.6 Å². The second-order valence-electron chi connectivity index (χ2n) is 7.85. The highest BCUT2D eigenvalue weighted by Crippen LogP contribution is 2.50. The van der Waals surface area contributed by atoms with Crippen LogP contribution >= 0.6 is 11.6 Å². The van der Waals surface area contributed by atoms with Crippen LogP contribution in [0.15, 0.2) is 42.5 Å². The molecule has 28 heavy (non-hydrogen) atoms. The Morgan fingerprint density at radius 1 is 1.18 bits per heavy atom. The van der Waals surface area contributed by atoms with E-state index in [1.165, 1.54) is 0 Å². The minimum absolute atomic E-state index is 0.0260. The lowest BCUT2D eigenvalue weighted by atomic mass is 9.79. The van der Waals surface area contributed by atoms with E-state index in [0.717, 1.165) is 29.8 Å². The molecule has 1 saturated carbocycles. The van der Waals surface area contributed by atoms with Crippen molar-refractivity contribution in [2.75, 3.05) is 10.2 Å². The van der Waals surface area contributed by atoms with Gasteiger partial charge in [-0.3, -0.25) is 9.59 Å². The van der Waals surface area contributed by atoms with Crippen molar-refractivity contribution in [1.82, 2.24) is 0 Å². The van der Waals surface area contributed by atoms with Crippen LogP contribution in [0.1, 0.15) is 48.7 Å². The molecular formula is C22H24ClN3O2. The Morgan fingerprint density at radius 2 is 1.93 bits per heavy atom. The first-order chi connectivity index (χ1) is 13.4. The van der Waals surface area contributed by atoms with E-state index in [-0.39, 0.29) is 23.9 Å². The second-order valence-corrected chi connectivity index (χ2v) is 8.28. The van der Waals surface area contributed by atoms with Crippen LogP contribution in [0.3, 0.4) is 0 Å². The number of carbonyl (C=O) groups excluding carboxylic acids is 2. The van der Waals surface area contributed by atoms with E-state index in [2.05, 4.69) is 12.2 Å². The molecule has 1 aliphatic carbocycles. The molecule has 3 N–H and O–H groups in total. The molecule has 2 aromatic carbocycles. The van der Waals surface area contributed by atoms with E-state index >= 15 is 0 Å². The average Bonchev–Trinajstić information content (AvgIpc) is 3.47. The van der Waals surface area contributed by atoms with E-state index in [1.54, 1.807) is 13.0 Å². The summed E-state index contributed by atoms with van der Waals surface area (Å²) < 4.78 is 0. The zero-order valence-electron chi connectivity index (χ0n) is 16.0. The lowest BCUT2D eigenvalue weighted by molar-refractivity contribution is -0.117. The fraction of sp³-hybridized carbons (Fsp3) is 0.364. The Hall–Kier alpha value is -2.53. The van der Waals surface area contributed by atoms with Crippen molar-refractivity contribution >= 4 is 34.8 Å². The number of rotatable bonds is 4. The molecule has 2 aliphatic rings. The smallest absolute Gasteiger partial charge is 0.248 e. The van der Waals surface area contributed by atoms with Crippen molar-refractivity contribution in [3.8, 4) is 0 Å². The lowest BCUT2D eigenvalue weighted by Crippen LogP contribution is -2.51. The minimum Gasteiger partial charge on any atom is -0.378 e. The molecule has 0 aromatic heterocycles. The normalized spacial score (nSPS) is 23.8. The summed E-state index contributed by atoms with van der Waals surface area (Å²) in [5.74, 6) is 0.214. The molecule has 1 fully saturated rings. The van der Waals surface area contributed by atoms with Gasteiger partial charge in [0.05, 0.1) is 6.04 Å². The predicted octanol–water partition coefficient (Wildman–Crippen LogP) is 4.37. The van der Waals surface area contributed by atoms with Gasteiger partial charge >= 0.3 is 0 Å². The molecule has 6 heteroatoms. The largest absolute Gasteiger partial charge is 0.378 e. The molecule has 1 heterocycles. The summed E-state index contributed by atoms with van der Waals surface area (Å²) in [5.41, 5.74) is 8.64. The van der Waals surface area contributed by atoms with Gasteiger partial charge in [0.2, 0.25) is 11.8 Å². The molecule has 0 unspecified atom stereocenters. The number of halogens is 1. The standard InChI is InChI=1S/C22H24ClN3O2/c1-12-20(25-17-5-3-4-16(23)11-17)18-10-15(22(24)28)8-9-19(18)26(13(2)27)21(12)14-6-7-14/h3-5,8-12,14,20-21,25H,6-7H2,1-2H3,(H2,24,28)/t12-,20-,21-/m1/s1. The van der Waals surface area contributed by atoms with Crippen molar-refractivity contribution < 1.29 is 9.59 Å². The van der Waals surface area contributed by atoms with Gasteiger partial charge in [0, 0.05) is 40.8 Å². The van der Waals surface area contributed by atoms with Crippen molar-refractivity contribution in [2.45, 2.75) is 38.8 Å². The molecule has 0 saturated heterocycles. The SMILES string of the molecule is CC(=O)N1c2ccc(C(N)=O)cc2[C@H](Nc2cccc(Cl)c2)[C@@H](C)[C@@H]1C1CC1. The number of hydrogen-bond donors (Lipinski definition) is 2. The van der Waals surface area contributed by atoms with Gasteiger partial charge in [-0.25, -0.2) is 0 Å². The monoisotopic (exact) mass is 397 g/mol. The lowest BCUT2D eigenvalue weighted by Gasteiger charge is -2.46. The number of benzene rings is 2. The van der Waals surface area contributed by atoms with Crippen LogP contribution in [0.5, 0.6) is 0 Å². The van der Waals surface area contributed by atoms with Crippen LogP contribution in [-0.2, 0) is 4.79 Å². The Kier molecular flexibility index (Phi) is 4.79.